The molecule has 0 spiro atoms. The number of hydrogen-bond donors (Lipinski definition) is 8. The number of rotatable bonds is 8. The van der Waals surface area contributed by atoms with Gasteiger partial charge in [0.1, 0.15) is 6.10 Å². The fourth-order valence-corrected chi connectivity index (χ4v) is 5.60. The van der Waals surface area contributed by atoms with E-state index in [0.29, 0.717) is 31.2 Å². The van der Waals surface area contributed by atoms with Crippen LogP contribution in [-0.2, 0) is 37.9 Å². The van der Waals surface area contributed by atoms with Gasteiger partial charge in [-0.1, -0.05) is 0 Å². The molecule has 330 valence electrons. The van der Waals surface area contributed by atoms with E-state index in [1.165, 1.54) is 12.8 Å². The molecule has 8 aliphatic rings. The van der Waals surface area contributed by atoms with Crippen LogP contribution < -0.4 is 0 Å². The molecule has 55 heavy (non-hydrogen) atoms. The van der Waals surface area contributed by atoms with Crippen molar-refractivity contribution in [1.82, 2.24) is 0 Å². The minimum atomic E-state index is -0.454. The van der Waals surface area contributed by atoms with E-state index in [-0.39, 0.29) is 57.5 Å². The minimum absolute atomic E-state index is 0.142. The molecule has 16 heteroatoms. The van der Waals surface area contributed by atoms with Crippen LogP contribution in [0.3, 0.4) is 0 Å². The molecule has 8 N–H and O–H groups in total. The van der Waals surface area contributed by atoms with Gasteiger partial charge in [-0.05, 0) is 83.5 Å². The molecule has 8 heterocycles. The zero-order valence-corrected chi connectivity index (χ0v) is 33.4. The average Bonchev–Trinajstić information content (AvgIpc) is 3.79. The Kier molecular flexibility index (Phi) is 35.8. The summed E-state index contributed by atoms with van der Waals surface area (Å²) in [5.41, 5.74) is 0. The van der Waals surface area contributed by atoms with Crippen molar-refractivity contribution in [3.05, 3.63) is 0 Å². The van der Waals surface area contributed by atoms with Crippen LogP contribution in [-0.4, -0.2) is 190 Å². The lowest BCUT2D eigenvalue weighted by Crippen LogP contribution is -2.29. The predicted octanol–water partition coefficient (Wildman–Crippen LogP) is 0.934. The lowest BCUT2D eigenvalue weighted by Gasteiger charge is -2.23. The van der Waals surface area contributed by atoms with E-state index in [2.05, 4.69) is 4.74 Å². The molecular weight excluding hydrogens is 724 g/mol. The maximum absolute atomic E-state index is 8.61. The van der Waals surface area contributed by atoms with Crippen LogP contribution in [0, 0.1) is 11.8 Å². The first kappa shape index (κ1) is 52.4. The Hall–Kier alpha value is -0.640. The van der Waals surface area contributed by atoms with Crippen molar-refractivity contribution in [3.8, 4) is 0 Å². The van der Waals surface area contributed by atoms with E-state index in [0.717, 1.165) is 143 Å². The SMILES string of the molecule is OC1CCCO1.OCC1CCCCO1.OCC1CCCO1.OCC1CCCOC1.OCC1CCO1.OCC1CCOC1.OCC1CO1.OCCC1CCCO1. The Labute approximate surface area is 329 Å². The third kappa shape index (κ3) is 31.0. The summed E-state index contributed by atoms with van der Waals surface area (Å²) in [7, 11) is 0. The quantitative estimate of drug-likeness (QED) is 0.159. The second-order valence-electron chi connectivity index (χ2n) is 14.4. The van der Waals surface area contributed by atoms with Gasteiger partial charge in [-0.3, -0.25) is 0 Å². The summed E-state index contributed by atoms with van der Waals surface area (Å²) in [5.74, 6) is 0.851. The second-order valence-corrected chi connectivity index (χ2v) is 14.4. The van der Waals surface area contributed by atoms with E-state index in [1.54, 1.807) is 0 Å². The minimum Gasteiger partial charge on any atom is -0.396 e. The molecule has 8 atom stereocenters. The van der Waals surface area contributed by atoms with Crippen LogP contribution in [0.2, 0.25) is 0 Å². The summed E-state index contributed by atoms with van der Waals surface area (Å²) in [6, 6.07) is 0. The zero-order valence-electron chi connectivity index (χ0n) is 33.4. The lowest BCUT2D eigenvalue weighted by atomic mass is 10.0. The fourth-order valence-electron chi connectivity index (χ4n) is 5.60. The first-order chi connectivity index (χ1) is 26.9. The van der Waals surface area contributed by atoms with Gasteiger partial charge in [0.2, 0.25) is 0 Å². The van der Waals surface area contributed by atoms with E-state index in [1.807, 2.05) is 0 Å². The zero-order chi connectivity index (χ0) is 40.2. The molecule has 0 bridgehead atoms. The van der Waals surface area contributed by atoms with Gasteiger partial charge in [0, 0.05) is 84.3 Å². The Morgan fingerprint density at radius 3 is 1.05 bits per heavy atom. The van der Waals surface area contributed by atoms with Gasteiger partial charge >= 0.3 is 0 Å². The van der Waals surface area contributed by atoms with Crippen LogP contribution in [0.15, 0.2) is 0 Å². The molecule has 0 aromatic carbocycles. The van der Waals surface area contributed by atoms with Crippen molar-refractivity contribution in [2.24, 2.45) is 11.8 Å². The van der Waals surface area contributed by atoms with Crippen molar-refractivity contribution < 1.29 is 78.7 Å². The van der Waals surface area contributed by atoms with Crippen molar-refractivity contribution in [3.63, 3.8) is 0 Å². The van der Waals surface area contributed by atoms with Gasteiger partial charge in [-0.25, -0.2) is 0 Å². The highest BCUT2D eigenvalue weighted by Crippen LogP contribution is 2.15. The first-order valence-corrected chi connectivity index (χ1v) is 20.7. The third-order valence-electron chi connectivity index (χ3n) is 9.48. The van der Waals surface area contributed by atoms with E-state index in [9.17, 15) is 0 Å². The van der Waals surface area contributed by atoms with Crippen LogP contribution in [0.25, 0.3) is 0 Å². The van der Waals surface area contributed by atoms with Gasteiger partial charge in [0.25, 0.3) is 0 Å². The summed E-state index contributed by atoms with van der Waals surface area (Å²) in [5, 5.41) is 67.4. The van der Waals surface area contributed by atoms with E-state index >= 15 is 0 Å². The smallest absolute Gasteiger partial charge is 0.154 e. The van der Waals surface area contributed by atoms with Crippen molar-refractivity contribution in [2.75, 3.05) is 112 Å². The highest BCUT2D eigenvalue weighted by atomic mass is 16.6. The predicted molar refractivity (Wildman–Crippen MR) is 204 cm³/mol. The molecular formula is C39H78O16. The molecule has 8 unspecified atom stereocenters. The van der Waals surface area contributed by atoms with Gasteiger partial charge in [-0.15, -0.1) is 0 Å². The first-order valence-electron chi connectivity index (χ1n) is 20.7. The molecule has 8 saturated heterocycles. The normalized spacial score (nSPS) is 31.4. The number of ether oxygens (including phenoxy) is 8. The van der Waals surface area contributed by atoms with Crippen LogP contribution in [0.5, 0.6) is 0 Å². The lowest BCUT2D eigenvalue weighted by molar-refractivity contribution is -0.0773. The van der Waals surface area contributed by atoms with Gasteiger partial charge < -0.3 is 78.7 Å². The molecule has 16 nitrogen and oxygen atoms in total. The van der Waals surface area contributed by atoms with Crippen molar-refractivity contribution in [1.29, 1.82) is 0 Å². The largest absolute Gasteiger partial charge is 0.396 e. The Morgan fingerprint density at radius 1 is 0.345 bits per heavy atom. The average molecular weight is 803 g/mol. The third-order valence-corrected chi connectivity index (χ3v) is 9.48. The Bertz CT molecular complexity index is 720. The highest BCUT2D eigenvalue weighted by Gasteiger charge is 2.20. The van der Waals surface area contributed by atoms with E-state index in [4.69, 9.17) is 74.0 Å². The van der Waals surface area contributed by atoms with Crippen LogP contribution in [0.1, 0.15) is 89.9 Å². The number of epoxide rings is 1. The molecule has 8 fully saturated rings. The summed E-state index contributed by atoms with van der Waals surface area (Å²) >= 11 is 0. The topological polar surface area (TPSA) is 239 Å². The molecule has 8 rings (SSSR count). The summed E-state index contributed by atoms with van der Waals surface area (Å²) in [6.07, 6.45) is 15.4. The van der Waals surface area contributed by atoms with Crippen LogP contribution >= 0.6 is 0 Å². The molecule has 0 aromatic heterocycles. The summed E-state index contributed by atoms with van der Waals surface area (Å²) < 4.78 is 39.7. The summed E-state index contributed by atoms with van der Waals surface area (Å²) in [6.45, 7) is 9.78. The van der Waals surface area contributed by atoms with Crippen LogP contribution in [0.4, 0.5) is 0 Å². The molecule has 8 aliphatic heterocycles. The molecule has 0 radical (unpaired) electrons. The molecule has 0 aromatic rings. The summed E-state index contributed by atoms with van der Waals surface area (Å²) in [4.78, 5) is 0. The van der Waals surface area contributed by atoms with E-state index < -0.39 is 6.29 Å². The monoisotopic (exact) mass is 803 g/mol. The number of aliphatic hydroxyl groups excluding tert-OH is 8. The Balaban J connectivity index is 0.000000315. The highest BCUT2D eigenvalue weighted by molar-refractivity contribution is 4.66. The number of hydrogen-bond acceptors (Lipinski definition) is 16. The Morgan fingerprint density at radius 2 is 0.800 bits per heavy atom. The molecule has 0 amide bonds. The number of aliphatic hydroxyl groups is 8. The standard InChI is InChI=1S/3C6H12O2.2C5H10O2.2C4H8O2.C3H6O2/c7-4-3-6-2-1-5-8-6;7-4-6-2-1-3-8-5-6;7-5-6-3-1-2-4-8-6;6-3-5-1-2-7-4-5;6-4-5-2-1-3-7-5;5-3-4-1-2-6-4;5-4-2-1-3-6-4;4-1-3-2-5-3/h3*6-7H,1-5H2;2*5-6H,1-4H2;2*4-5H,1-3H2;3-4H,1-2H2. The molecule has 0 aliphatic carbocycles. The van der Waals surface area contributed by atoms with Crippen molar-refractivity contribution >= 4 is 0 Å². The van der Waals surface area contributed by atoms with Gasteiger partial charge in [-0.2, -0.15) is 0 Å². The fraction of sp³-hybridized carbons (Fsp3) is 1.00. The second kappa shape index (κ2) is 37.6. The maximum Gasteiger partial charge on any atom is 0.154 e. The molecule has 0 saturated carbocycles. The van der Waals surface area contributed by atoms with Crippen molar-refractivity contribution in [2.45, 2.75) is 127 Å². The van der Waals surface area contributed by atoms with Gasteiger partial charge in [0.05, 0.1) is 70.7 Å². The maximum atomic E-state index is 8.61. The van der Waals surface area contributed by atoms with Gasteiger partial charge in [0.15, 0.2) is 6.29 Å².